The predicted octanol–water partition coefficient (Wildman–Crippen LogP) is 3.86. The maximum absolute atomic E-state index is 13.5. The molecule has 6 rings (SSSR count). The Kier molecular flexibility index (Phi) is 5.61. The number of hydrogen-bond acceptors (Lipinski definition) is 5. The Morgan fingerprint density at radius 2 is 1.79 bits per heavy atom. The van der Waals surface area contributed by atoms with Crippen molar-refractivity contribution in [1.29, 1.82) is 0 Å². The zero-order valence-electron chi connectivity index (χ0n) is 19.8. The Morgan fingerprint density at radius 1 is 1.00 bits per heavy atom. The second kappa shape index (κ2) is 9.25. The molecule has 6 aromatic rings. The summed E-state index contributed by atoms with van der Waals surface area (Å²) in [4.78, 5) is 44.9. The van der Waals surface area contributed by atoms with Crippen molar-refractivity contribution in [2.24, 2.45) is 0 Å². The van der Waals surface area contributed by atoms with Gasteiger partial charge in [-0.25, -0.2) is 4.79 Å². The summed E-state index contributed by atoms with van der Waals surface area (Å²) in [6.45, 7) is 0. The number of carboxylic acids is 1. The van der Waals surface area contributed by atoms with Crippen LogP contribution in [0.15, 0.2) is 94.3 Å². The van der Waals surface area contributed by atoms with E-state index in [0.717, 1.165) is 15.4 Å². The van der Waals surface area contributed by atoms with Gasteiger partial charge >= 0.3 is 5.97 Å². The topological polar surface area (TPSA) is 145 Å². The van der Waals surface area contributed by atoms with E-state index in [2.05, 4.69) is 20.4 Å². The van der Waals surface area contributed by atoms with Gasteiger partial charge in [-0.3, -0.25) is 9.59 Å². The Bertz CT molecular complexity index is 1810. The Hall–Kier alpha value is -5.38. The Morgan fingerprint density at radius 3 is 2.53 bits per heavy atom. The number of benzene rings is 2. The molecule has 38 heavy (non-hydrogen) atoms. The quantitative estimate of drug-likeness (QED) is 0.258. The Balaban J connectivity index is 1.35. The van der Waals surface area contributed by atoms with E-state index in [0.29, 0.717) is 28.3 Å². The summed E-state index contributed by atoms with van der Waals surface area (Å²) in [5.41, 5.74) is 2.65. The molecule has 0 spiro atoms. The summed E-state index contributed by atoms with van der Waals surface area (Å²) in [7, 11) is 0. The summed E-state index contributed by atoms with van der Waals surface area (Å²) in [6.07, 6.45) is 1.55. The number of hydrogen-bond donors (Lipinski definition) is 4. The second-order valence-electron chi connectivity index (χ2n) is 8.80. The monoisotopic (exact) mass is 507 g/mol. The highest BCUT2D eigenvalue weighted by Gasteiger charge is 2.25. The van der Waals surface area contributed by atoms with Crippen LogP contribution in [0.4, 0.5) is 0 Å². The average Bonchev–Trinajstić information content (AvgIpc) is 3.68. The van der Waals surface area contributed by atoms with E-state index in [1.165, 1.54) is 12.3 Å². The lowest BCUT2D eigenvalue weighted by atomic mass is 10.0. The number of aromatic nitrogens is 4. The van der Waals surface area contributed by atoms with Gasteiger partial charge in [-0.2, -0.15) is 9.61 Å². The van der Waals surface area contributed by atoms with Crippen LogP contribution in [0.5, 0.6) is 0 Å². The average molecular weight is 508 g/mol. The van der Waals surface area contributed by atoms with E-state index in [9.17, 15) is 19.5 Å². The minimum atomic E-state index is -1.21. The van der Waals surface area contributed by atoms with E-state index < -0.39 is 23.5 Å². The van der Waals surface area contributed by atoms with E-state index >= 15 is 0 Å². The fraction of sp³-hybridized carbons (Fsp3) is 0.0714. The summed E-state index contributed by atoms with van der Waals surface area (Å²) >= 11 is 0. The van der Waals surface area contributed by atoms with Crippen LogP contribution in [-0.2, 0) is 11.2 Å². The van der Waals surface area contributed by atoms with Crippen molar-refractivity contribution in [2.75, 3.05) is 0 Å². The van der Waals surface area contributed by atoms with E-state index in [1.807, 2.05) is 48.5 Å². The van der Waals surface area contributed by atoms with Crippen LogP contribution >= 0.6 is 0 Å². The highest BCUT2D eigenvalue weighted by atomic mass is 16.4. The lowest BCUT2D eigenvalue weighted by molar-refractivity contribution is -0.139. The molecule has 0 fully saturated rings. The van der Waals surface area contributed by atoms with Crippen LogP contribution in [-0.4, -0.2) is 42.6 Å². The van der Waals surface area contributed by atoms with Gasteiger partial charge in [0.2, 0.25) is 0 Å². The molecule has 1 amide bonds. The van der Waals surface area contributed by atoms with Crippen molar-refractivity contribution in [3.8, 4) is 22.6 Å². The fourth-order valence-corrected chi connectivity index (χ4v) is 4.51. The molecule has 10 heteroatoms. The van der Waals surface area contributed by atoms with Crippen molar-refractivity contribution >= 4 is 28.4 Å². The summed E-state index contributed by atoms with van der Waals surface area (Å²) in [5, 5.41) is 17.4. The van der Waals surface area contributed by atoms with Crippen LogP contribution in [0, 0.1) is 0 Å². The first-order valence-electron chi connectivity index (χ1n) is 11.8. The number of carboxylic acid groups (broad SMARTS) is 1. The highest BCUT2D eigenvalue weighted by Crippen LogP contribution is 2.28. The standard InChI is InChI=1S/C28H21N5O5/c34-26(30-21(28(36)37)14-18-13-17-9-4-5-10-19(17)29-18)20-15-23-31-25(22-11-6-12-38-22)24(27(35)33(23)32-20)16-7-2-1-3-8-16/h1-13,15,21,29,31H,14H2,(H,30,34)(H,36,37). The first-order chi connectivity index (χ1) is 18.5. The van der Waals surface area contributed by atoms with Crippen molar-refractivity contribution in [3.63, 3.8) is 0 Å². The number of aromatic amines is 2. The molecule has 4 N–H and O–H groups in total. The SMILES string of the molecule is O=C(NC(Cc1cc2ccccc2[nH]1)C(=O)O)c1cc2[nH]c(-c3ccco3)c(-c3ccccc3)c(=O)n2n1. The number of nitrogens with one attached hydrogen (secondary N) is 3. The predicted molar refractivity (Wildman–Crippen MR) is 140 cm³/mol. The molecule has 0 aliphatic rings. The number of para-hydroxylation sites is 1. The molecule has 1 atom stereocenters. The number of fused-ring (bicyclic) bond motifs is 2. The number of carbonyl (C=O) groups excluding carboxylic acids is 1. The molecule has 4 aromatic heterocycles. The Labute approximate surface area is 214 Å². The van der Waals surface area contributed by atoms with Crippen LogP contribution in [0.25, 0.3) is 39.1 Å². The fourth-order valence-electron chi connectivity index (χ4n) is 4.51. The molecule has 0 saturated heterocycles. The van der Waals surface area contributed by atoms with Gasteiger partial charge in [0.05, 0.1) is 17.5 Å². The molecular weight excluding hydrogens is 486 g/mol. The van der Waals surface area contributed by atoms with Gasteiger partial charge in [0, 0.05) is 23.7 Å². The molecule has 2 aromatic carbocycles. The van der Waals surface area contributed by atoms with Gasteiger partial charge in [-0.1, -0.05) is 48.5 Å². The second-order valence-corrected chi connectivity index (χ2v) is 8.80. The van der Waals surface area contributed by atoms with Crippen LogP contribution in [0.3, 0.4) is 0 Å². The summed E-state index contributed by atoms with van der Waals surface area (Å²) in [5.74, 6) is -1.46. The largest absolute Gasteiger partial charge is 0.480 e. The third kappa shape index (κ3) is 4.13. The van der Waals surface area contributed by atoms with Gasteiger partial charge < -0.3 is 24.8 Å². The lowest BCUT2D eigenvalue weighted by Crippen LogP contribution is -2.42. The molecule has 0 saturated carbocycles. The van der Waals surface area contributed by atoms with Crippen LogP contribution in [0.1, 0.15) is 16.2 Å². The van der Waals surface area contributed by atoms with Crippen molar-refractivity contribution in [2.45, 2.75) is 12.5 Å². The van der Waals surface area contributed by atoms with Gasteiger partial charge in [-0.15, -0.1) is 0 Å². The minimum absolute atomic E-state index is 0.0445. The molecule has 0 bridgehead atoms. The lowest BCUT2D eigenvalue weighted by Gasteiger charge is -2.12. The minimum Gasteiger partial charge on any atom is -0.480 e. The normalized spacial score (nSPS) is 12.1. The zero-order chi connectivity index (χ0) is 26.2. The van der Waals surface area contributed by atoms with Crippen molar-refractivity contribution in [3.05, 3.63) is 107 Å². The molecule has 1 unspecified atom stereocenters. The van der Waals surface area contributed by atoms with Gasteiger partial charge in [-0.05, 0) is 35.2 Å². The van der Waals surface area contributed by atoms with Crippen LogP contribution < -0.4 is 10.9 Å². The van der Waals surface area contributed by atoms with Gasteiger partial charge in [0.1, 0.15) is 11.7 Å². The first kappa shape index (κ1) is 23.0. The molecule has 0 aliphatic carbocycles. The zero-order valence-corrected chi connectivity index (χ0v) is 19.8. The summed E-state index contributed by atoms with van der Waals surface area (Å²) < 4.78 is 6.64. The van der Waals surface area contributed by atoms with E-state index in [1.54, 1.807) is 24.3 Å². The van der Waals surface area contributed by atoms with Crippen LogP contribution in [0.2, 0.25) is 0 Å². The molecule has 0 aliphatic heterocycles. The number of amides is 1. The maximum atomic E-state index is 13.5. The van der Waals surface area contributed by atoms with E-state index in [-0.39, 0.29) is 17.8 Å². The first-order valence-corrected chi connectivity index (χ1v) is 11.8. The number of aliphatic carboxylic acids is 1. The number of carbonyl (C=O) groups is 2. The molecule has 188 valence electrons. The maximum Gasteiger partial charge on any atom is 0.326 e. The van der Waals surface area contributed by atoms with Crippen molar-refractivity contribution in [1.82, 2.24) is 24.9 Å². The van der Waals surface area contributed by atoms with Crippen molar-refractivity contribution < 1.29 is 19.1 Å². The molecular formula is C28H21N5O5. The highest BCUT2D eigenvalue weighted by molar-refractivity contribution is 5.96. The smallest absolute Gasteiger partial charge is 0.326 e. The van der Waals surface area contributed by atoms with Gasteiger partial charge in [0.25, 0.3) is 11.5 Å². The number of H-pyrrole nitrogens is 2. The van der Waals surface area contributed by atoms with E-state index in [4.69, 9.17) is 4.42 Å². The number of rotatable bonds is 7. The molecule has 0 radical (unpaired) electrons. The third-order valence-electron chi connectivity index (χ3n) is 6.29. The molecule has 4 heterocycles. The number of nitrogens with zero attached hydrogens (tertiary/aromatic N) is 2. The third-order valence-corrected chi connectivity index (χ3v) is 6.29. The molecule has 10 nitrogen and oxygen atoms in total. The summed E-state index contributed by atoms with van der Waals surface area (Å²) in [6, 6.07) is 22.1. The number of furan rings is 1. The van der Waals surface area contributed by atoms with Gasteiger partial charge in [0.15, 0.2) is 11.5 Å².